The summed E-state index contributed by atoms with van der Waals surface area (Å²) in [5.41, 5.74) is 0.607. The molecule has 2 heterocycles. The number of piperidine rings is 1. The van der Waals surface area contributed by atoms with Crippen molar-refractivity contribution >= 4 is 10.9 Å². The van der Waals surface area contributed by atoms with Gasteiger partial charge in [-0.05, 0) is 50.2 Å². The maximum atomic E-state index is 13.6. The van der Waals surface area contributed by atoms with Gasteiger partial charge in [-0.2, -0.15) is 0 Å². The van der Waals surface area contributed by atoms with Crippen molar-refractivity contribution in [2.45, 2.75) is 18.9 Å². The number of aromatic nitrogens is 1. The Balaban J connectivity index is 1.94. The predicted octanol–water partition coefficient (Wildman–Crippen LogP) is 2.50. The number of pyridine rings is 1. The van der Waals surface area contributed by atoms with E-state index in [-0.39, 0.29) is 11.9 Å². The van der Waals surface area contributed by atoms with Crippen molar-refractivity contribution in [2.75, 3.05) is 13.1 Å². The summed E-state index contributed by atoms with van der Waals surface area (Å²) < 4.78 is 19.6. The van der Waals surface area contributed by atoms with Crippen molar-refractivity contribution in [3.63, 3.8) is 0 Å². The average Bonchev–Trinajstić information content (AvgIpc) is 2.44. The molecule has 0 radical (unpaired) electrons. The van der Waals surface area contributed by atoms with Crippen LogP contribution in [0.4, 0.5) is 4.39 Å². The van der Waals surface area contributed by atoms with E-state index in [2.05, 4.69) is 10.3 Å². The van der Waals surface area contributed by atoms with Crippen LogP contribution in [0.5, 0.6) is 5.75 Å². The molecule has 0 aliphatic carbocycles. The Hall–Kier alpha value is -1.68. The quantitative estimate of drug-likeness (QED) is 0.884. The minimum Gasteiger partial charge on any atom is -0.488 e. The molecule has 1 aliphatic heterocycles. The second kappa shape index (κ2) is 4.90. The van der Waals surface area contributed by atoms with Gasteiger partial charge < -0.3 is 10.1 Å². The molecular weight excluding hydrogens is 231 g/mol. The summed E-state index contributed by atoms with van der Waals surface area (Å²) in [4.78, 5) is 4.23. The number of ether oxygens (including phenoxy) is 1. The minimum absolute atomic E-state index is 0.196. The summed E-state index contributed by atoms with van der Waals surface area (Å²) in [6, 6.07) is 6.58. The number of hydrogen-bond donors (Lipinski definition) is 1. The van der Waals surface area contributed by atoms with Crippen LogP contribution in [0, 0.1) is 5.82 Å². The predicted molar refractivity (Wildman–Crippen MR) is 68.2 cm³/mol. The van der Waals surface area contributed by atoms with E-state index in [4.69, 9.17) is 4.74 Å². The van der Waals surface area contributed by atoms with E-state index in [9.17, 15) is 4.39 Å². The van der Waals surface area contributed by atoms with Gasteiger partial charge in [0, 0.05) is 11.6 Å². The van der Waals surface area contributed by atoms with Crippen molar-refractivity contribution in [3.8, 4) is 5.75 Å². The minimum atomic E-state index is -0.254. The Morgan fingerprint density at radius 1 is 1.22 bits per heavy atom. The second-order valence-corrected chi connectivity index (χ2v) is 4.51. The summed E-state index contributed by atoms with van der Waals surface area (Å²) in [5.74, 6) is 0.426. The maximum absolute atomic E-state index is 13.6. The van der Waals surface area contributed by atoms with Crippen LogP contribution in [0.25, 0.3) is 10.9 Å². The Morgan fingerprint density at radius 3 is 2.89 bits per heavy atom. The number of halogens is 1. The fourth-order valence-corrected chi connectivity index (χ4v) is 2.30. The highest BCUT2D eigenvalue weighted by atomic mass is 19.1. The molecule has 1 saturated heterocycles. The van der Waals surface area contributed by atoms with Gasteiger partial charge in [-0.15, -0.1) is 0 Å². The largest absolute Gasteiger partial charge is 0.488 e. The SMILES string of the molecule is Fc1ccc(OC2CCNCC2)c2ncccc12. The summed E-state index contributed by atoms with van der Waals surface area (Å²) >= 11 is 0. The molecule has 0 spiro atoms. The first-order chi connectivity index (χ1) is 8.84. The Morgan fingerprint density at radius 2 is 2.06 bits per heavy atom. The average molecular weight is 246 g/mol. The highest BCUT2D eigenvalue weighted by Crippen LogP contribution is 2.27. The van der Waals surface area contributed by atoms with Crippen LogP contribution >= 0.6 is 0 Å². The van der Waals surface area contributed by atoms with E-state index in [0.29, 0.717) is 16.7 Å². The van der Waals surface area contributed by atoms with E-state index >= 15 is 0 Å². The van der Waals surface area contributed by atoms with Crippen LogP contribution in [0.3, 0.4) is 0 Å². The van der Waals surface area contributed by atoms with Crippen molar-refractivity contribution in [1.82, 2.24) is 10.3 Å². The molecule has 0 atom stereocenters. The highest BCUT2D eigenvalue weighted by molar-refractivity contribution is 5.84. The lowest BCUT2D eigenvalue weighted by Gasteiger charge is -2.24. The van der Waals surface area contributed by atoms with Gasteiger partial charge >= 0.3 is 0 Å². The number of benzene rings is 1. The number of nitrogens with one attached hydrogen (secondary N) is 1. The van der Waals surface area contributed by atoms with E-state index < -0.39 is 0 Å². The fourth-order valence-electron chi connectivity index (χ4n) is 2.30. The van der Waals surface area contributed by atoms with E-state index in [1.54, 1.807) is 24.4 Å². The van der Waals surface area contributed by atoms with Crippen molar-refractivity contribution in [2.24, 2.45) is 0 Å². The van der Waals surface area contributed by atoms with Gasteiger partial charge in [0.1, 0.15) is 23.2 Å². The van der Waals surface area contributed by atoms with E-state index in [1.165, 1.54) is 6.07 Å². The molecule has 4 heteroatoms. The van der Waals surface area contributed by atoms with Gasteiger partial charge in [0.2, 0.25) is 0 Å². The van der Waals surface area contributed by atoms with Crippen LogP contribution in [0.15, 0.2) is 30.5 Å². The molecule has 94 valence electrons. The fraction of sp³-hybridized carbons (Fsp3) is 0.357. The van der Waals surface area contributed by atoms with Crippen LogP contribution in [-0.4, -0.2) is 24.2 Å². The molecule has 3 nitrogen and oxygen atoms in total. The normalized spacial score (nSPS) is 16.9. The third kappa shape index (κ3) is 2.16. The lowest BCUT2D eigenvalue weighted by atomic mass is 10.1. The van der Waals surface area contributed by atoms with E-state index in [0.717, 1.165) is 25.9 Å². The van der Waals surface area contributed by atoms with Crippen LogP contribution in [-0.2, 0) is 0 Å². The topological polar surface area (TPSA) is 34.1 Å². The first kappa shape index (κ1) is 11.4. The molecular formula is C14H15FN2O. The Kier molecular flexibility index (Phi) is 3.11. The number of rotatable bonds is 2. The molecule has 0 saturated carbocycles. The molecule has 1 N–H and O–H groups in total. The molecule has 2 aromatic rings. The third-order valence-electron chi connectivity index (χ3n) is 3.26. The molecule has 18 heavy (non-hydrogen) atoms. The molecule has 0 unspecified atom stereocenters. The van der Waals surface area contributed by atoms with Crippen LogP contribution in [0.2, 0.25) is 0 Å². The summed E-state index contributed by atoms with van der Waals surface area (Å²) in [5, 5.41) is 3.81. The third-order valence-corrected chi connectivity index (χ3v) is 3.26. The Bertz CT molecular complexity index is 552. The van der Waals surface area contributed by atoms with Gasteiger partial charge in [-0.25, -0.2) is 4.39 Å². The van der Waals surface area contributed by atoms with E-state index in [1.807, 2.05) is 0 Å². The zero-order valence-electron chi connectivity index (χ0n) is 10.0. The highest BCUT2D eigenvalue weighted by Gasteiger charge is 2.16. The van der Waals surface area contributed by atoms with Gasteiger partial charge in [0.15, 0.2) is 0 Å². The zero-order valence-corrected chi connectivity index (χ0v) is 10.0. The molecule has 1 aliphatic rings. The summed E-state index contributed by atoms with van der Waals surface area (Å²) in [6.07, 6.45) is 3.82. The van der Waals surface area contributed by atoms with Gasteiger partial charge in [-0.1, -0.05) is 0 Å². The standard InChI is InChI=1S/C14H15FN2O/c15-12-3-4-13(14-11(12)2-1-7-17-14)18-10-5-8-16-9-6-10/h1-4,7,10,16H,5-6,8-9H2. The maximum Gasteiger partial charge on any atom is 0.146 e. The second-order valence-electron chi connectivity index (χ2n) is 4.51. The van der Waals surface area contributed by atoms with Gasteiger partial charge in [0.25, 0.3) is 0 Å². The lowest BCUT2D eigenvalue weighted by molar-refractivity contribution is 0.164. The number of nitrogens with zero attached hydrogens (tertiary/aromatic N) is 1. The van der Waals surface area contributed by atoms with Crippen molar-refractivity contribution in [1.29, 1.82) is 0 Å². The van der Waals surface area contributed by atoms with Gasteiger partial charge in [-0.3, -0.25) is 4.98 Å². The first-order valence-electron chi connectivity index (χ1n) is 6.25. The van der Waals surface area contributed by atoms with Crippen molar-refractivity contribution < 1.29 is 9.13 Å². The molecule has 0 amide bonds. The molecule has 1 fully saturated rings. The molecule has 0 bridgehead atoms. The van der Waals surface area contributed by atoms with Crippen LogP contribution in [0.1, 0.15) is 12.8 Å². The van der Waals surface area contributed by atoms with Crippen molar-refractivity contribution in [3.05, 3.63) is 36.3 Å². The summed E-state index contributed by atoms with van der Waals surface area (Å²) in [7, 11) is 0. The van der Waals surface area contributed by atoms with Crippen LogP contribution < -0.4 is 10.1 Å². The molecule has 1 aromatic carbocycles. The molecule has 3 rings (SSSR count). The monoisotopic (exact) mass is 246 g/mol. The summed E-state index contributed by atoms with van der Waals surface area (Å²) in [6.45, 7) is 1.94. The first-order valence-corrected chi connectivity index (χ1v) is 6.25. The molecule has 1 aromatic heterocycles. The van der Waals surface area contributed by atoms with Gasteiger partial charge in [0.05, 0.1) is 0 Å². The number of fused-ring (bicyclic) bond motifs is 1. The number of hydrogen-bond acceptors (Lipinski definition) is 3. The zero-order chi connectivity index (χ0) is 12.4. The smallest absolute Gasteiger partial charge is 0.146 e. The lowest BCUT2D eigenvalue weighted by Crippen LogP contribution is -2.34. The Labute approximate surface area is 105 Å².